The van der Waals surface area contributed by atoms with Gasteiger partial charge in [0.2, 0.25) is 5.91 Å². The fourth-order valence-electron chi connectivity index (χ4n) is 1.19. The van der Waals surface area contributed by atoms with Crippen LogP contribution in [0.1, 0.15) is 12.2 Å². The van der Waals surface area contributed by atoms with Gasteiger partial charge in [0.15, 0.2) is 0 Å². The van der Waals surface area contributed by atoms with E-state index in [0.29, 0.717) is 19.5 Å². The van der Waals surface area contributed by atoms with E-state index in [9.17, 15) is 4.79 Å². The Balaban J connectivity index is 1.98. The third-order valence-corrected chi connectivity index (χ3v) is 1.97. The van der Waals surface area contributed by atoms with Gasteiger partial charge >= 0.3 is 0 Å². The zero-order valence-electron chi connectivity index (χ0n) is 9.03. The molecule has 5 nitrogen and oxygen atoms in total. The number of hydrogen-bond acceptors (Lipinski definition) is 4. The predicted octanol–water partition coefficient (Wildman–Crippen LogP) is 0.442. The molecule has 0 saturated heterocycles. The summed E-state index contributed by atoms with van der Waals surface area (Å²) in [6.45, 7) is 1.38. The lowest BCUT2D eigenvalue weighted by atomic mass is 10.3. The summed E-state index contributed by atoms with van der Waals surface area (Å²) in [7, 11) is 0. The minimum atomic E-state index is -0.0882. The van der Waals surface area contributed by atoms with Crippen LogP contribution < -0.4 is 10.6 Å². The van der Waals surface area contributed by atoms with Crippen LogP contribution in [0, 0.1) is 11.3 Å². The third-order valence-electron chi connectivity index (χ3n) is 1.97. The number of rotatable bonds is 7. The summed E-state index contributed by atoms with van der Waals surface area (Å²) < 4.78 is 5.14. The van der Waals surface area contributed by atoms with Crippen LogP contribution in [0.5, 0.6) is 0 Å². The summed E-state index contributed by atoms with van der Waals surface area (Å²) in [5, 5.41) is 13.9. The van der Waals surface area contributed by atoms with Crippen LogP contribution >= 0.6 is 0 Å². The first-order valence-corrected chi connectivity index (χ1v) is 5.19. The Bertz CT molecular complexity index is 341. The Morgan fingerprint density at radius 2 is 2.38 bits per heavy atom. The molecule has 5 heteroatoms. The molecule has 1 aromatic heterocycles. The number of nitrogens with one attached hydrogen (secondary N) is 2. The molecule has 1 heterocycles. The lowest BCUT2D eigenvalue weighted by molar-refractivity contribution is -0.120. The number of furan rings is 1. The minimum Gasteiger partial charge on any atom is -0.469 e. The highest BCUT2D eigenvalue weighted by Gasteiger charge is 2.00. The molecule has 0 aliphatic carbocycles. The molecule has 16 heavy (non-hydrogen) atoms. The summed E-state index contributed by atoms with van der Waals surface area (Å²) >= 11 is 0. The molecule has 0 atom stereocenters. The summed E-state index contributed by atoms with van der Waals surface area (Å²) in [6.07, 6.45) is 2.74. The van der Waals surface area contributed by atoms with Gasteiger partial charge in [0.25, 0.3) is 0 Å². The van der Waals surface area contributed by atoms with Crippen molar-refractivity contribution in [2.24, 2.45) is 0 Å². The van der Waals surface area contributed by atoms with Crippen molar-refractivity contribution in [2.75, 3.05) is 19.6 Å². The van der Waals surface area contributed by atoms with Crippen LogP contribution in [-0.2, 0) is 11.2 Å². The van der Waals surface area contributed by atoms with E-state index in [0.717, 1.165) is 12.2 Å². The van der Waals surface area contributed by atoms with Crippen molar-refractivity contribution in [1.29, 1.82) is 5.26 Å². The summed E-state index contributed by atoms with van der Waals surface area (Å²) in [5.41, 5.74) is 0. The number of hydrogen-bond donors (Lipinski definition) is 2. The van der Waals surface area contributed by atoms with Crippen molar-refractivity contribution in [3.63, 3.8) is 0 Å². The number of nitriles is 1. The van der Waals surface area contributed by atoms with Gasteiger partial charge in [0.05, 0.1) is 25.3 Å². The molecule has 0 saturated carbocycles. The standard InChI is InChI=1S/C11H15N3O2/c12-5-2-6-14-11(15)9-13-7-4-10-3-1-8-16-10/h1,3,8,13H,2,4,6-7,9H2,(H,14,15). The average Bonchev–Trinajstić information content (AvgIpc) is 2.78. The maximum Gasteiger partial charge on any atom is 0.233 e. The van der Waals surface area contributed by atoms with Crippen LogP contribution in [0.3, 0.4) is 0 Å². The topological polar surface area (TPSA) is 78.1 Å². The highest BCUT2D eigenvalue weighted by atomic mass is 16.3. The van der Waals surface area contributed by atoms with Gasteiger partial charge in [-0.1, -0.05) is 0 Å². The van der Waals surface area contributed by atoms with E-state index in [2.05, 4.69) is 10.6 Å². The molecular formula is C11H15N3O2. The SMILES string of the molecule is N#CCCNC(=O)CNCCc1ccco1. The fraction of sp³-hybridized carbons (Fsp3) is 0.455. The molecule has 0 radical (unpaired) electrons. The minimum absolute atomic E-state index is 0.0882. The molecule has 0 aliphatic heterocycles. The molecule has 0 spiro atoms. The summed E-state index contributed by atoms with van der Waals surface area (Å²) in [4.78, 5) is 11.2. The van der Waals surface area contributed by atoms with Crippen LogP contribution in [-0.4, -0.2) is 25.5 Å². The van der Waals surface area contributed by atoms with Crippen molar-refractivity contribution in [3.8, 4) is 6.07 Å². The Labute approximate surface area is 94.4 Å². The number of nitrogens with zero attached hydrogens (tertiary/aromatic N) is 1. The van der Waals surface area contributed by atoms with Gasteiger partial charge in [-0.3, -0.25) is 4.79 Å². The van der Waals surface area contributed by atoms with Crippen molar-refractivity contribution in [3.05, 3.63) is 24.2 Å². The van der Waals surface area contributed by atoms with Crippen molar-refractivity contribution >= 4 is 5.91 Å². The van der Waals surface area contributed by atoms with Gasteiger partial charge in [-0.15, -0.1) is 0 Å². The predicted molar refractivity (Wildman–Crippen MR) is 58.5 cm³/mol. The lowest BCUT2D eigenvalue weighted by Crippen LogP contribution is -2.35. The van der Waals surface area contributed by atoms with Gasteiger partial charge in [0, 0.05) is 19.5 Å². The number of carbonyl (C=O) groups is 1. The number of carbonyl (C=O) groups excluding carboxylic acids is 1. The largest absolute Gasteiger partial charge is 0.469 e. The van der Waals surface area contributed by atoms with Crippen molar-refractivity contribution in [2.45, 2.75) is 12.8 Å². The second-order valence-corrected chi connectivity index (χ2v) is 3.26. The smallest absolute Gasteiger partial charge is 0.233 e. The maximum atomic E-state index is 11.2. The van der Waals surface area contributed by atoms with E-state index >= 15 is 0 Å². The Morgan fingerprint density at radius 1 is 1.50 bits per heavy atom. The molecule has 0 bridgehead atoms. The van der Waals surface area contributed by atoms with Gasteiger partial charge < -0.3 is 15.1 Å². The molecular weight excluding hydrogens is 206 g/mol. The Kier molecular flexibility index (Phi) is 5.74. The van der Waals surface area contributed by atoms with Crippen molar-refractivity contribution < 1.29 is 9.21 Å². The summed E-state index contributed by atoms with van der Waals surface area (Å²) in [6, 6.07) is 5.70. The first-order chi connectivity index (χ1) is 7.83. The molecule has 1 aromatic rings. The molecule has 2 N–H and O–H groups in total. The highest BCUT2D eigenvalue weighted by Crippen LogP contribution is 1.98. The second-order valence-electron chi connectivity index (χ2n) is 3.26. The van der Waals surface area contributed by atoms with E-state index in [1.165, 1.54) is 0 Å². The van der Waals surface area contributed by atoms with Crippen molar-refractivity contribution in [1.82, 2.24) is 10.6 Å². The average molecular weight is 221 g/mol. The molecule has 86 valence electrons. The van der Waals surface area contributed by atoms with E-state index < -0.39 is 0 Å². The van der Waals surface area contributed by atoms with Gasteiger partial charge in [0.1, 0.15) is 5.76 Å². The van der Waals surface area contributed by atoms with Gasteiger partial charge in [-0.25, -0.2) is 0 Å². The summed E-state index contributed by atoms with van der Waals surface area (Å²) in [5.74, 6) is 0.812. The quantitative estimate of drug-likeness (QED) is 0.655. The third kappa shape index (κ3) is 5.17. The monoisotopic (exact) mass is 221 g/mol. The lowest BCUT2D eigenvalue weighted by Gasteiger charge is -2.04. The van der Waals surface area contributed by atoms with E-state index in [1.807, 2.05) is 18.2 Å². The first kappa shape index (κ1) is 12.3. The zero-order valence-corrected chi connectivity index (χ0v) is 9.03. The van der Waals surface area contributed by atoms with E-state index in [1.54, 1.807) is 6.26 Å². The Hall–Kier alpha value is -1.80. The highest BCUT2D eigenvalue weighted by molar-refractivity contribution is 5.77. The van der Waals surface area contributed by atoms with Gasteiger partial charge in [-0.2, -0.15) is 5.26 Å². The zero-order chi connectivity index (χ0) is 11.6. The molecule has 0 fully saturated rings. The molecule has 0 aliphatic rings. The fourth-order valence-corrected chi connectivity index (χ4v) is 1.19. The second kappa shape index (κ2) is 7.49. The van der Waals surface area contributed by atoms with Gasteiger partial charge in [-0.05, 0) is 12.1 Å². The van der Waals surface area contributed by atoms with Crippen LogP contribution in [0.25, 0.3) is 0 Å². The Morgan fingerprint density at radius 3 is 3.06 bits per heavy atom. The van der Waals surface area contributed by atoms with Crippen LogP contribution in [0.15, 0.2) is 22.8 Å². The molecule has 1 rings (SSSR count). The normalized spacial score (nSPS) is 9.69. The number of amides is 1. The molecule has 0 unspecified atom stereocenters. The van der Waals surface area contributed by atoms with Crippen LogP contribution in [0.2, 0.25) is 0 Å². The molecule has 1 amide bonds. The first-order valence-electron chi connectivity index (χ1n) is 5.19. The maximum absolute atomic E-state index is 11.2. The van der Waals surface area contributed by atoms with Crippen LogP contribution in [0.4, 0.5) is 0 Å². The molecule has 0 aromatic carbocycles. The van der Waals surface area contributed by atoms with E-state index in [4.69, 9.17) is 9.68 Å². The van der Waals surface area contributed by atoms with E-state index in [-0.39, 0.29) is 12.5 Å².